The highest BCUT2D eigenvalue weighted by Crippen LogP contribution is 2.41. The number of hydrogen-bond acceptors (Lipinski definition) is 4. The van der Waals surface area contributed by atoms with E-state index in [-0.39, 0.29) is 35.6 Å². The zero-order valence-corrected chi connectivity index (χ0v) is 19.4. The molecule has 0 spiro atoms. The highest BCUT2D eigenvalue weighted by molar-refractivity contribution is 8.16. The van der Waals surface area contributed by atoms with Crippen LogP contribution in [-0.4, -0.2) is 45.9 Å². The normalized spacial score (nSPS) is 24.4. The van der Waals surface area contributed by atoms with Gasteiger partial charge >= 0.3 is 12.4 Å². The first-order valence-corrected chi connectivity index (χ1v) is 11.6. The Labute approximate surface area is 197 Å². The van der Waals surface area contributed by atoms with Gasteiger partial charge in [-0.25, -0.2) is 0 Å². The Bertz CT molecular complexity index is 957. The Morgan fingerprint density at radius 1 is 1.21 bits per heavy atom. The molecule has 0 aromatic heterocycles. The number of carbonyl (C=O) groups is 2. The van der Waals surface area contributed by atoms with Gasteiger partial charge in [-0.2, -0.15) is 26.3 Å². The van der Waals surface area contributed by atoms with Crippen LogP contribution < -0.4 is 5.32 Å². The third kappa shape index (κ3) is 6.45. The molecule has 2 saturated heterocycles. The Morgan fingerprint density at radius 3 is 2.41 bits per heavy atom. The molecule has 1 aromatic carbocycles. The van der Waals surface area contributed by atoms with Crippen LogP contribution in [0.15, 0.2) is 29.3 Å². The average Bonchev–Trinajstić information content (AvgIpc) is 2.99. The summed E-state index contributed by atoms with van der Waals surface area (Å²) in [6.07, 6.45) is -9.21. The van der Waals surface area contributed by atoms with Crippen LogP contribution in [0, 0.1) is 5.92 Å². The predicted octanol–water partition coefficient (Wildman–Crippen LogP) is 5.33. The third-order valence-corrected chi connectivity index (χ3v) is 7.25. The lowest BCUT2D eigenvalue weighted by Gasteiger charge is -2.34. The molecule has 0 radical (unpaired) electrons. The first kappa shape index (κ1) is 26.4. The number of nitrogens with one attached hydrogen (secondary N) is 1. The summed E-state index contributed by atoms with van der Waals surface area (Å²) in [5.74, 6) is -1.25. The minimum Gasteiger partial charge on any atom is -0.342 e. The predicted molar refractivity (Wildman–Crippen MR) is 116 cm³/mol. The van der Waals surface area contributed by atoms with Crippen molar-refractivity contribution in [2.24, 2.45) is 10.9 Å². The van der Waals surface area contributed by atoms with Gasteiger partial charge in [-0.3, -0.25) is 14.6 Å². The molecule has 0 aliphatic carbocycles. The van der Waals surface area contributed by atoms with E-state index in [1.54, 1.807) is 6.92 Å². The molecule has 188 valence electrons. The molecule has 12 heteroatoms. The van der Waals surface area contributed by atoms with Crippen molar-refractivity contribution in [1.29, 1.82) is 0 Å². The molecule has 2 unspecified atom stereocenters. The molecular formula is C22H25F6N3O2S. The maximum Gasteiger partial charge on any atom is 0.416 e. The van der Waals surface area contributed by atoms with E-state index in [9.17, 15) is 35.9 Å². The number of nitrogens with zero attached hydrogens (tertiary/aromatic N) is 2. The van der Waals surface area contributed by atoms with E-state index in [1.165, 1.54) is 30.0 Å². The molecule has 3 rings (SSSR count). The molecule has 2 aliphatic rings. The van der Waals surface area contributed by atoms with Gasteiger partial charge < -0.3 is 10.2 Å². The van der Waals surface area contributed by atoms with Gasteiger partial charge in [0.15, 0.2) is 5.17 Å². The van der Waals surface area contributed by atoms with Crippen LogP contribution in [-0.2, 0) is 15.8 Å². The van der Waals surface area contributed by atoms with Crippen molar-refractivity contribution in [2.75, 3.05) is 13.1 Å². The Hall–Kier alpha value is -2.24. The molecule has 5 nitrogen and oxygen atoms in total. The van der Waals surface area contributed by atoms with Gasteiger partial charge in [0, 0.05) is 13.1 Å². The van der Waals surface area contributed by atoms with E-state index in [0.29, 0.717) is 19.3 Å². The number of carbonyl (C=O) groups excluding carboxylic acids is 2. The van der Waals surface area contributed by atoms with Crippen LogP contribution in [0.5, 0.6) is 0 Å². The molecule has 34 heavy (non-hydrogen) atoms. The maximum absolute atomic E-state index is 13.3. The first-order chi connectivity index (χ1) is 15.7. The van der Waals surface area contributed by atoms with E-state index in [2.05, 4.69) is 10.3 Å². The molecule has 2 heterocycles. The number of piperidine rings is 1. The maximum atomic E-state index is 13.3. The zero-order chi connectivity index (χ0) is 25.3. The van der Waals surface area contributed by atoms with Gasteiger partial charge in [0.05, 0.1) is 16.4 Å². The average molecular weight is 510 g/mol. The number of halogens is 6. The molecular weight excluding hydrogens is 484 g/mol. The molecule has 1 N–H and O–H groups in total. The summed E-state index contributed by atoms with van der Waals surface area (Å²) in [6, 6.07) is 4.30. The summed E-state index contributed by atoms with van der Waals surface area (Å²) in [5, 5.41) is 2.88. The summed E-state index contributed by atoms with van der Waals surface area (Å²) in [5.41, 5.74) is -0.780. The largest absolute Gasteiger partial charge is 0.416 e. The Balaban J connectivity index is 1.62. The van der Waals surface area contributed by atoms with Crippen LogP contribution in [0.4, 0.5) is 26.3 Å². The number of thioether (sulfide) groups is 1. The van der Waals surface area contributed by atoms with Gasteiger partial charge in [-0.1, -0.05) is 30.0 Å². The van der Waals surface area contributed by atoms with Crippen LogP contribution in [0.2, 0.25) is 0 Å². The Morgan fingerprint density at radius 2 is 1.82 bits per heavy atom. The molecule has 2 atom stereocenters. The van der Waals surface area contributed by atoms with Crippen molar-refractivity contribution in [3.05, 3.63) is 35.4 Å². The fourth-order valence-electron chi connectivity index (χ4n) is 4.29. The first-order valence-electron chi connectivity index (χ1n) is 10.8. The van der Waals surface area contributed by atoms with Crippen molar-refractivity contribution >= 4 is 28.7 Å². The summed E-state index contributed by atoms with van der Waals surface area (Å²) in [4.78, 5) is 30.0. The van der Waals surface area contributed by atoms with Gasteiger partial charge in [0.2, 0.25) is 11.8 Å². The van der Waals surface area contributed by atoms with Crippen molar-refractivity contribution in [2.45, 2.75) is 62.7 Å². The SMILES string of the molecule is CC(N=C1NC(=O)C(C)(CC2CCN(C(=O)CC(F)(F)F)CC2)S1)c1ccccc1C(F)(F)F. The van der Waals surface area contributed by atoms with Gasteiger partial charge in [0.25, 0.3) is 0 Å². The van der Waals surface area contributed by atoms with Crippen LogP contribution >= 0.6 is 11.8 Å². The van der Waals surface area contributed by atoms with Crippen molar-refractivity contribution < 1.29 is 35.9 Å². The van der Waals surface area contributed by atoms with E-state index < -0.39 is 41.0 Å². The lowest BCUT2D eigenvalue weighted by Crippen LogP contribution is -2.42. The lowest BCUT2D eigenvalue weighted by molar-refractivity contribution is -0.162. The number of aliphatic imine (C=N–C) groups is 1. The smallest absolute Gasteiger partial charge is 0.342 e. The number of amidine groups is 1. The van der Waals surface area contributed by atoms with E-state index >= 15 is 0 Å². The topological polar surface area (TPSA) is 61.8 Å². The van der Waals surface area contributed by atoms with Crippen LogP contribution in [0.25, 0.3) is 0 Å². The van der Waals surface area contributed by atoms with E-state index in [1.807, 2.05) is 0 Å². The highest BCUT2D eigenvalue weighted by Gasteiger charge is 2.45. The zero-order valence-electron chi connectivity index (χ0n) is 18.6. The van der Waals surface area contributed by atoms with Gasteiger partial charge in [0.1, 0.15) is 6.42 Å². The summed E-state index contributed by atoms with van der Waals surface area (Å²) >= 11 is 1.14. The van der Waals surface area contributed by atoms with Crippen molar-refractivity contribution in [3.8, 4) is 0 Å². The standard InChI is InChI=1S/C22H25F6N3O2S/c1-13(15-5-3-4-6-16(15)22(26,27)28)29-19-30-18(33)20(2,34-19)11-14-7-9-31(10-8-14)17(32)12-21(23,24)25/h3-6,13-14H,7-12H2,1-2H3,(H,29,30,33). The summed E-state index contributed by atoms with van der Waals surface area (Å²) in [7, 11) is 0. The summed E-state index contributed by atoms with van der Waals surface area (Å²) < 4.78 is 76.4. The number of rotatable bonds is 5. The van der Waals surface area contributed by atoms with Gasteiger partial charge in [-0.15, -0.1) is 0 Å². The molecule has 2 fully saturated rings. The number of likely N-dealkylation sites (tertiary alicyclic amines) is 1. The second kappa shape index (κ2) is 9.79. The Kier molecular flexibility index (Phi) is 7.59. The number of amides is 2. The van der Waals surface area contributed by atoms with Gasteiger partial charge in [-0.05, 0) is 50.7 Å². The van der Waals surface area contributed by atoms with Crippen molar-refractivity contribution in [3.63, 3.8) is 0 Å². The van der Waals surface area contributed by atoms with Crippen molar-refractivity contribution in [1.82, 2.24) is 10.2 Å². The minimum atomic E-state index is -4.55. The molecule has 0 bridgehead atoms. The fourth-order valence-corrected chi connectivity index (χ4v) is 5.54. The number of alkyl halides is 6. The van der Waals surface area contributed by atoms with Crippen LogP contribution in [0.3, 0.4) is 0 Å². The second-order valence-electron chi connectivity index (χ2n) is 8.80. The number of hydrogen-bond donors (Lipinski definition) is 1. The third-order valence-electron chi connectivity index (χ3n) is 6.05. The molecule has 0 saturated carbocycles. The van der Waals surface area contributed by atoms with E-state index in [4.69, 9.17) is 0 Å². The number of benzene rings is 1. The van der Waals surface area contributed by atoms with E-state index in [0.717, 1.165) is 17.8 Å². The fraction of sp³-hybridized carbons (Fsp3) is 0.591. The second-order valence-corrected chi connectivity index (χ2v) is 10.3. The molecule has 2 amide bonds. The monoisotopic (exact) mass is 509 g/mol. The van der Waals surface area contributed by atoms with Crippen LogP contribution in [0.1, 0.15) is 56.7 Å². The highest BCUT2D eigenvalue weighted by atomic mass is 32.2. The molecule has 1 aromatic rings. The summed E-state index contributed by atoms with van der Waals surface area (Å²) in [6.45, 7) is 3.61. The molecule has 2 aliphatic heterocycles. The minimum absolute atomic E-state index is 0.00171. The lowest BCUT2D eigenvalue weighted by atomic mass is 9.87. The quantitative estimate of drug-likeness (QED) is 0.547.